The molecule has 0 bridgehead atoms. The predicted molar refractivity (Wildman–Crippen MR) is 83.6 cm³/mol. The molecule has 1 aliphatic heterocycles. The van der Waals surface area contributed by atoms with Crippen LogP contribution in [0.2, 0.25) is 5.15 Å². The molecule has 0 aromatic carbocycles. The van der Waals surface area contributed by atoms with Gasteiger partial charge in [0.25, 0.3) is 0 Å². The van der Waals surface area contributed by atoms with Crippen molar-refractivity contribution < 1.29 is 0 Å². The molecule has 0 radical (unpaired) electrons. The Balaban J connectivity index is 2.07. The van der Waals surface area contributed by atoms with Gasteiger partial charge in [-0.1, -0.05) is 34.8 Å². The van der Waals surface area contributed by atoms with Crippen LogP contribution in [0.15, 0.2) is 22.9 Å². The number of rotatable bonds is 2. The zero-order chi connectivity index (χ0) is 14.4. The maximum absolute atomic E-state index is 6.40. The molecule has 6 heteroatoms. The standard InChI is InChI=1S/C14H14Cl3N3/c1-7-5-10(15)20(11(16)6-7)14-8(2)12(17)18-13(19-14)9-3-4-9/h5-6,9-10H,3-4H2,1-2H3. The normalized spacial score (nSPS) is 22.6. The Kier molecular flexibility index (Phi) is 3.69. The highest BCUT2D eigenvalue weighted by molar-refractivity contribution is 6.34. The van der Waals surface area contributed by atoms with Crippen LogP contribution in [0, 0.1) is 6.92 Å². The summed E-state index contributed by atoms with van der Waals surface area (Å²) in [6.07, 6.45) is 6.03. The first-order valence-electron chi connectivity index (χ1n) is 6.50. The van der Waals surface area contributed by atoms with E-state index in [1.807, 2.05) is 26.0 Å². The molecule has 1 unspecified atom stereocenters. The lowest BCUT2D eigenvalue weighted by Crippen LogP contribution is -2.31. The van der Waals surface area contributed by atoms with Crippen molar-refractivity contribution in [1.29, 1.82) is 0 Å². The molecule has 1 saturated carbocycles. The first kappa shape index (κ1) is 14.2. The summed E-state index contributed by atoms with van der Waals surface area (Å²) in [4.78, 5) is 10.8. The molecule has 0 N–H and O–H groups in total. The van der Waals surface area contributed by atoms with Gasteiger partial charge >= 0.3 is 0 Å². The molecule has 2 aliphatic rings. The second-order valence-corrected chi connectivity index (χ2v) is 6.41. The van der Waals surface area contributed by atoms with E-state index in [2.05, 4.69) is 9.97 Å². The molecule has 106 valence electrons. The molecular formula is C14H14Cl3N3. The minimum Gasteiger partial charge on any atom is -0.296 e. The van der Waals surface area contributed by atoms with Gasteiger partial charge in [0.1, 0.15) is 27.5 Å². The van der Waals surface area contributed by atoms with Gasteiger partial charge in [-0.15, -0.1) is 0 Å². The Hall–Kier alpha value is -0.770. The highest BCUT2D eigenvalue weighted by atomic mass is 35.5. The van der Waals surface area contributed by atoms with Crippen LogP contribution in [0.1, 0.15) is 37.1 Å². The van der Waals surface area contributed by atoms with Gasteiger partial charge < -0.3 is 0 Å². The molecular weight excluding hydrogens is 317 g/mol. The van der Waals surface area contributed by atoms with Gasteiger partial charge in [0.2, 0.25) is 0 Å². The van der Waals surface area contributed by atoms with E-state index < -0.39 is 0 Å². The minimum atomic E-state index is -0.371. The first-order valence-corrected chi connectivity index (χ1v) is 7.69. The third kappa shape index (κ3) is 2.54. The maximum atomic E-state index is 6.40. The summed E-state index contributed by atoms with van der Waals surface area (Å²) in [6, 6.07) is 0. The van der Waals surface area contributed by atoms with Gasteiger partial charge in [0.15, 0.2) is 0 Å². The number of aromatic nitrogens is 2. The Morgan fingerprint density at radius 1 is 1.20 bits per heavy atom. The van der Waals surface area contributed by atoms with Crippen molar-refractivity contribution in [2.75, 3.05) is 4.90 Å². The Bertz CT molecular complexity index is 620. The zero-order valence-corrected chi connectivity index (χ0v) is 13.5. The lowest BCUT2D eigenvalue weighted by Gasteiger charge is -2.30. The molecule has 1 aromatic rings. The molecule has 0 spiro atoms. The van der Waals surface area contributed by atoms with Crippen LogP contribution in [0.3, 0.4) is 0 Å². The van der Waals surface area contributed by atoms with E-state index in [1.54, 1.807) is 4.90 Å². The van der Waals surface area contributed by atoms with Crippen LogP contribution in [0.25, 0.3) is 0 Å². The van der Waals surface area contributed by atoms with Crippen LogP contribution >= 0.6 is 34.8 Å². The lowest BCUT2D eigenvalue weighted by molar-refractivity contribution is 0.867. The Morgan fingerprint density at radius 2 is 1.90 bits per heavy atom. The third-order valence-electron chi connectivity index (χ3n) is 3.47. The number of hydrogen-bond acceptors (Lipinski definition) is 3. The summed E-state index contributed by atoms with van der Waals surface area (Å²) in [5.41, 5.74) is 1.46. The molecule has 1 fully saturated rings. The molecule has 20 heavy (non-hydrogen) atoms. The molecule has 1 aromatic heterocycles. The summed E-state index contributed by atoms with van der Waals surface area (Å²) in [6.45, 7) is 3.85. The molecule has 1 atom stereocenters. The third-order valence-corrected chi connectivity index (χ3v) is 4.45. The van der Waals surface area contributed by atoms with E-state index in [4.69, 9.17) is 34.8 Å². The van der Waals surface area contributed by atoms with Crippen LogP contribution < -0.4 is 4.90 Å². The topological polar surface area (TPSA) is 29.0 Å². The van der Waals surface area contributed by atoms with Crippen molar-refractivity contribution in [2.45, 2.75) is 38.1 Å². The SMILES string of the molecule is CC1=CC(Cl)N(c2nc(C3CC3)nc(Cl)c2C)C(Cl)=C1. The van der Waals surface area contributed by atoms with Gasteiger partial charge in [-0.2, -0.15) is 0 Å². The average molecular weight is 331 g/mol. The maximum Gasteiger partial charge on any atom is 0.143 e. The predicted octanol–water partition coefficient (Wildman–Crippen LogP) is 4.73. The van der Waals surface area contributed by atoms with Gasteiger partial charge in [0.05, 0.1) is 0 Å². The summed E-state index contributed by atoms with van der Waals surface area (Å²) in [5.74, 6) is 1.90. The van der Waals surface area contributed by atoms with Crippen LogP contribution in [-0.4, -0.2) is 15.5 Å². The van der Waals surface area contributed by atoms with Gasteiger partial charge in [0, 0.05) is 11.5 Å². The Morgan fingerprint density at radius 3 is 2.50 bits per heavy atom. The zero-order valence-electron chi connectivity index (χ0n) is 11.2. The summed E-state index contributed by atoms with van der Waals surface area (Å²) in [7, 11) is 0. The number of hydrogen-bond donors (Lipinski definition) is 0. The van der Waals surface area contributed by atoms with Crippen LogP contribution in [0.4, 0.5) is 5.82 Å². The molecule has 1 aliphatic carbocycles. The lowest BCUT2D eigenvalue weighted by atomic mass is 10.2. The van der Waals surface area contributed by atoms with E-state index in [-0.39, 0.29) is 5.50 Å². The van der Waals surface area contributed by atoms with Crippen molar-refractivity contribution in [1.82, 2.24) is 9.97 Å². The minimum absolute atomic E-state index is 0.371. The van der Waals surface area contributed by atoms with Crippen molar-refractivity contribution in [3.8, 4) is 0 Å². The highest BCUT2D eigenvalue weighted by Gasteiger charge is 2.31. The van der Waals surface area contributed by atoms with E-state index in [1.165, 1.54) is 0 Å². The number of anilines is 1. The number of halogens is 3. The fourth-order valence-corrected chi connectivity index (χ4v) is 3.16. The van der Waals surface area contributed by atoms with Crippen LogP contribution in [-0.2, 0) is 0 Å². The van der Waals surface area contributed by atoms with Crippen molar-refractivity contribution in [2.24, 2.45) is 0 Å². The average Bonchev–Trinajstić information content (AvgIpc) is 3.17. The quantitative estimate of drug-likeness (QED) is 0.446. The van der Waals surface area contributed by atoms with Crippen molar-refractivity contribution >= 4 is 40.6 Å². The molecule has 3 rings (SSSR count). The Labute approximate surface area is 133 Å². The van der Waals surface area contributed by atoms with Crippen molar-refractivity contribution in [3.63, 3.8) is 0 Å². The summed E-state index contributed by atoms with van der Waals surface area (Å²) < 4.78 is 0. The second-order valence-electron chi connectivity index (χ2n) is 5.22. The molecule has 0 saturated heterocycles. The molecule has 3 nitrogen and oxygen atoms in total. The van der Waals surface area contributed by atoms with Crippen LogP contribution in [0.5, 0.6) is 0 Å². The second kappa shape index (κ2) is 5.21. The number of allylic oxidation sites excluding steroid dienone is 2. The summed E-state index contributed by atoms with van der Waals surface area (Å²) >= 11 is 19.0. The fourth-order valence-electron chi connectivity index (χ4n) is 2.19. The van der Waals surface area contributed by atoms with E-state index in [9.17, 15) is 0 Å². The highest BCUT2D eigenvalue weighted by Crippen LogP contribution is 2.41. The molecule has 0 amide bonds. The summed E-state index contributed by atoms with van der Waals surface area (Å²) in [5, 5.41) is 1.01. The van der Waals surface area contributed by atoms with E-state index in [0.717, 1.165) is 29.8 Å². The van der Waals surface area contributed by atoms with Gasteiger partial charge in [-0.3, -0.25) is 4.90 Å². The van der Waals surface area contributed by atoms with E-state index in [0.29, 0.717) is 22.0 Å². The van der Waals surface area contributed by atoms with Crippen molar-refractivity contribution in [3.05, 3.63) is 39.4 Å². The monoisotopic (exact) mass is 329 g/mol. The van der Waals surface area contributed by atoms with Gasteiger partial charge in [-0.05, 0) is 44.4 Å². The number of nitrogens with zero attached hydrogens (tertiary/aromatic N) is 3. The smallest absolute Gasteiger partial charge is 0.143 e. The fraction of sp³-hybridized carbons (Fsp3) is 0.429. The largest absolute Gasteiger partial charge is 0.296 e. The first-order chi connectivity index (χ1) is 9.47. The van der Waals surface area contributed by atoms with Gasteiger partial charge in [-0.25, -0.2) is 9.97 Å². The number of alkyl halides is 1. The molecule has 2 heterocycles. The van der Waals surface area contributed by atoms with E-state index >= 15 is 0 Å².